The van der Waals surface area contributed by atoms with E-state index >= 15 is 0 Å². The quantitative estimate of drug-likeness (QED) is 0.0200. The molecule has 0 aliphatic heterocycles. The van der Waals surface area contributed by atoms with Crippen LogP contribution in [0.1, 0.15) is 175 Å². The first-order valence-corrected chi connectivity index (χ1v) is 24.5. The number of carbonyl (C=O) groups is 3. The lowest BCUT2D eigenvalue weighted by Gasteiger charge is -2.18. The van der Waals surface area contributed by atoms with Crippen LogP contribution in [0.4, 0.5) is 0 Å². The van der Waals surface area contributed by atoms with Crippen molar-refractivity contribution < 1.29 is 28.6 Å². The van der Waals surface area contributed by atoms with E-state index in [1.54, 1.807) is 0 Å². The van der Waals surface area contributed by atoms with Gasteiger partial charge in [-0.1, -0.05) is 224 Å². The summed E-state index contributed by atoms with van der Waals surface area (Å²) in [5.41, 5.74) is 0. The van der Waals surface area contributed by atoms with Crippen LogP contribution in [0.3, 0.4) is 0 Å². The molecule has 1 atom stereocenters. The fourth-order valence-electron chi connectivity index (χ4n) is 5.95. The van der Waals surface area contributed by atoms with Crippen LogP contribution in [0.2, 0.25) is 0 Å². The largest absolute Gasteiger partial charge is 0.462 e. The Hall–Kier alpha value is -4.71. The standard InChI is InChI=1S/C57H86O6/c1-4-7-10-13-16-19-22-25-26-27-28-29-30-33-35-38-41-44-47-50-56(59)62-53-54(63-57(60)51-48-45-42-39-36-32-24-21-18-15-12-9-6-3)52-61-55(58)49-46-43-40-37-34-31-23-20-17-14-11-8-5-2/h7,9-10,12-13,15-16,18-19,21-22,24-31,33-35,40,43,54H,4-6,8,11,14,17,20,23,32,36-39,41-42,44-53H2,1-3H3/b10-7+,12-9+,16-13+,18-15+,22-19+,24-21+,26-25+,28-27+,30-29+,34-31+,35-33+,43-40+. The minimum absolute atomic E-state index is 0.134. The van der Waals surface area contributed by atoms with Gasteiger partial charge in [-0.05, 0) is 77.0 Å². The van der Waals surface area contributed by atoms with Crippen molar-refractivity contribution in [3.63, 3.8) is 0 Å². The molecule has 0 aliphatic rings. The topological polar surface area (TPSA) is 78.9 Å². The van der Waals surface area contributed by atoms with Crippen molar-refractivity contribution in [2.24, 2.45) is 0 Å². The van der Waals surface area contributed by atoms with Crippen molar-refractivity contribution in [2.75, 3.05) is 13.2 Å². The SMILES string of the molecule is CC/C=C/C=C/C=C/C=C/C=C/C=C/C=C/CCCCCC(=O)OCC(COC(=O)CC/C=C/C/C=C/CCCCCCCC)OC(=O)CCCCCCC/C=C/C=C/C=C/CC. The first kappa shape index (κ1) is 58.3. The molecule has 0 fully saturated rings. The summed E-state index contributed by atoms with van der Waals surface area (Å²) in [7, 11) is 0. The monoisotopic (exact) mass is 867 g/mol. The Morgan fingerprint density at radius 1 is 0.349 bits per heavy atom. The minimum Gasteiger partial charge on any atom is -0.462 e. The minimum atomic E-state index is -0.836. The van der Waals surface area contributed by atoms with Crippen molar-refractivity contribution in [1.82, 2.24) is 0 Å². The normalized spacial score (nSPS) is 13.4. The number of ether oxygens (including phenoxy) is 3. The van der Waals surface area contributed by atoms with Crippen LogP contribution in [0.15, 0.2) is 146 Å². The van der Waals surface area contributed by atoms with Gasteiger partial charge in [0.1, 0.15) is 13.2 Å². The van der Waals surface area contributed by atoms with E-state index in [1.165, 1.54) is 38.5 Å². The molecule has 0 aromatic rings. The molecule has 6 nitrogen and oxygen atoms in total. The van der Waals surface area contributed by atoms with Gasteiger partial charge < -0.3 is 14.2 Å². The van der Waals surface area contributed by atoms with Gasteiger partial charge in [0.05, 0.1) is 0 Å². The fourth-order valence-corrected chi connectivity index (χ4v) is 5.95. The van der Waals surface area contributed by atoms with Crippen LogP contribution < -0.4 is 0 Å². The van der Waals surface area contributed by atoms with E-state index in [0.29, 0.717) is 12.8 Å². The van der Waals surface area contributed by atoms with E-state index in [2.05, 4.69) is 81.5 Å². The van der Waals surface area contributed by atoms with Crippen molar-refractivity contribution >= 4 is 17.9 Å². The molecule has 0 saturated carbocycles. The summed E-state index contributed by atoms with van der Waals surface area (Å²) in [6.07, 6.45) is 71.2. The van der Waals surface area contributed by atoms with Crippen LogP contribution in [-0.4, -0.2) is 37.2 Å². The Labute approximate surface area is 385 Å². The van der Waals surface area contributed by atoms with Crippen molar-refractivity contribution in [2.45, 2.75) is 181 Å². The molecule has 350 valence electrons. The lowest BCUT2D eigenvalue weighted by molar-refractivity contribution is -0.166. The zero-order valence-corrected chi connectivity index (χ0v) is 39.8. The Bertz CT molecular complexity index is 1460. The van der Waals surface area contributed by atoms with Gasteiger partial charge >= 0.3 is 17.9 Å². The maximum absolute atomic E-state index is 12.8. The van der Waals surface area contributed by atoms with Gasteiger partial charge in [0.15, 0.2) is 6.10 Å². The van der Waals surface area contributed by atoms with E-state index in [0.717, 1.165) is 83.5 Å². The second kappa shape index (κ2) is 49.9. The van der Waals surface area contributed by atoms with Gasteiger partial charge in [-0.25, -0.2) is 0 Å². The Morgan fingerprint density at radius 3 is 1.21 bits per heavy atom. The predicted octanol–water partition coefficient (Wildman–Crippen LogP) is 16.1. The Morgan fingerprint density at radius 2 is 0.714 bits per heavy atom. The lowest BCUT2D eigenvalue weighted by Crippen LogP contribution is -2.30. The van der Waals surface area contributed by atoms with Gasteiger partial charge in [0.25, 0.3) is 0 Å². The molecular weight excluding hydrogens is 781 g/mol. The molecule has 0 aromatic carbocycles. The maximum Gasteiger partial charge on any atom is 0.306 e. The van der Waals surface area contributed by atoms with Gasteiger partial charge in [0.2, 0.25) is 0 Å². The average molecular weight is 867 g/mol. The Kier molecular flexibility index (Phi) is 46.2. The average Bonchev–Trinajstić information content (AvgIpc) is 3.28. The molecule has 0 aliphatic carbocycles. The third-order valence-corrected chi connectivity index (χ3v) is 9.58. The van der Waals surface area contributed by atoms with E-state index in [9.17, 15) is 14.4 Å². The molecule has 0 N–H and O–H groups in total. The summed E-state index contributed by atoms with van der Waals surface area (Å²) in [5.74, 6) is -1.08. The highest BCUT2D eigenvalue weighted by Crippen LogP contribution is 2.12. The summed E-state index contributed by atoms with van der Waals surface area (Å²) in [6.45, 7) is 6.20. The number of rotatable bonds is 41. The third kappa shape index (κ3) is 48.2. The molecule has 1 unspecified atom stereocenters. The summed E-state index contributed by atoms with van der Waals surface area (Å²) in [4.78, 5) is 37.9. The summed E-state index contributed by atoms with van der Waals surface area (Å²) in [5, 5.41) is 0. The summed E-state index contributed by atoms with van der Waals surface area (Å²) < 4.78 is 16.6. The first-order chi connectivity index (χ1) is 31.0. The van der Waals surface area contributed by atoms with E-state index in [1.807, 2.05) is 85.1 Å². The van der Waals surface area contributed by atoms with E-state index < -0.39 is 6.10 Å². The molecule has 6 heteroatoms. The number of carbonyl (C=O) groups excluding carboxylic acids is 3. The molecular formula is C57H86O6. The summed E-state index contributed by atoms with van der Waals surface area (Å²) in [6, 6.07) is 0. The molecule has 0 heterocycles. The second-order valence-corrected chi connectivity index (χ2v) is 15.5. The first-order valence-electron chi connectivity index (χ1n) is 24.5. The van der Waals surface area contributed by atoms with Gasteiger partial charge in [-0.3, -0.25) is 14.4 Å². The predicted molar refractivity (Wildman–Crippen MR) is 269 cm³/mol. The molecule has 0 amide bonds. The fraction of sp³-hybridized carbons (Fsp3) is 0.526. The summed E-state index contributed by atoms with van der Waals surface area (Å²) >= 11 is 0. The third-order valence-electron chi connectivity index (χ3n) is 9.58. The molecule has 63 heavy (non-hydrogen) atoms. The van der Waals surface area contributed by atoms with Gasteiger partial charge in [-0.2, -0.15) is 0 Å². The Balaban J connectivity index is 4.61. The van der Waals surface area contributed by atoms with Crippen LogP contribution in [0.5, 0.6) is 0 Å². The zero-order valence-electron chi connectivity index (χ0n) is 39.8. The number of esters is 3. The van der Waals surface area contributed by atoms with Crippen molar-refractivity contribution in [1.29, 1.82) is 0 Å². The number of allylic oxidation sites excluding steroid dienone is 24. The van der Waals surface area contributed by atoms with Gasteiger partial charge in [-0.15, -0.1) is 0 Å². The van der Waals surface area contributed by atoms with Crippen LogP contribution in [0.25, 0.3) is 0 Å². The molecule has 0 bridgehead atoms. The highest BCUT2D eigenvalue weighted by atomic mass is 16.6. The highest BCUT2D eigenvalue weighted by Gasteiger charge is 2.19. The molecule has 0 aromatic heterocycles. The number of unbranched alkanes of at least 4 members (excludes halogenated alkanes) is 14. The van der Waals surface area contributed by atoms with Crippen LogP contribution in [0, 0.1) is 0 Å². The highest BCUT2D eigenvalue weighted by molar-refractivity contribution is 5.71. The maximum atomic E-state index is 12.8. The van der Waals surface area contributed by atoms with Crippen molar-refractivity contribution in [3.8, 4) is 0 Å². The van der Waals surface area contributed by atoms with Crippen LogP contribution >= 0.6 is 0 Å². The lowest BCUT2D eigenvalue weighted by atomic mass is 10.1. The van der Waals surface area contributed by atoms with E-state index in [4.69, 9.17) is 14.2 Å². The van der Waals surface area contributed by atoms with Crippen LogP contribution in [-0.2, 0) is 28.6 Å². The van der Waals surface area contributed by atoms with Crippen molar-refractivity contribution in [3.05, 3.63) is 146 Å². The van der Waals surface area contributed by atoms with E-state index in [-0.39, 0.29) is 50.4 Å². The molecule has 0 spiro atoms. The smallest absolute Gasteiger partial charge is 0.306 e. The second-order valence-electron chi connectivity index (χ2n) is 15.5. The van der Waals surface area contributed by atoms with Gasteiger partial charge in [0, 0.05) is 19.3 Å². The zero-order chi connectivity index (χ0) is 45.8. The molecule has 0 radical (unpaired) electrons. The number of hydrogen-bond donors (Lipinski definition) is 0. The molecule has 0 saturated heterocycles. The molecule has 0 rings (SSSR count). The number of hydrogen-bond acceptors (Lipinski definition) is 6.